The van der Waals surface area contributed by atoms with E-state index in [1.807, 2.05) is 0 Å². The fourth-order valence-electron chi connectivity index (χ4n) is 3.76. The molecule has 5 rings (SSSR count). The molecule has 1 aliphatic rings. The minimum absolute atomic E-state index is 0.0345. The lowest BCUT2D eigenvalue weighted by atomic mass is 10.1. The Bertz CT molecular complexity index is 1490. The standard InChI is InChI=1S/C21H14F3N5O5/c22-21(23,24)15-9-11(5-6-25-15)18-27-17(34-28-18)8-10-1-3-14-13(7-10)29(20(32)33-14)12-2-4-16(30)26-19(12)31/h1,3,5-7,9,12H,2,4,8H2,(H,26,30,31). The van der Waals surface area contributed by atoms with Crippen LogP contribution < -0.4 is 11.1 Å². The number of hydrogen-bond acceptors (Lipinski definition) is 8. The Morgan fingerprint density at radius 2 is 1.97 bits per heavy atom. The molecule has 1 N–H and O–H groups in total. The van der Waals surface area contributed by atoms with Gasteiger partial charge in [0.2, 0.25) is 23.5 Å². The average Bonchev–Trinajstić information content (AvgIpc) is 3.37. The van der Waals surface area contributed by atoms with Crippen LogP contribution in [0.2, 0.25) is 0 Å². The summed E-state index contributed by atoms with van der Waals surface area (Å²) in [4.78, 5) is 43.5. The number of benzene rings is 1. The minimum Gasteiger partial charge on any atom is -0.408 e. The molecule has 1 aliphatic heterocycles. The first-order valence-electron chi connectivity index (χ1n) is 10.0. The van der Waals surface area contributed by atoms with E-state index in [1.54, 1.807) is 18.2 Å². The summed E-state index contributed by atoms with van der Waals surface area (Å²) in [6.07, 6.45) is -3.25. The number of rotatable bonds is 4. The summed E-state index contributed by atoms with van der Waals surface area (Å²) in [6.45, 7) is 0. The van der Waals surface area contributed by atoms with Gasteiger partial charge in [-0.1, -0.05) is 11.2 Å². The molecule has 1 unspecified atom stereocenters. The van der Waals surface area contributed by atoms with Gasteiger partial charge < -0.3 is 8.94 Å². The largest absolute Gasteiger partial charge is 0.433 e. The second-order valence-corrected chi connectivity index (χ2v) is 7.62. The lowest BCUT2D eigenvalue weighted by Crippen LogP contribution is -2.43. The topological polar surface area (TPSA) is 133 Å². The van der Waals surface area contributed by atoms with Crippen molar-refractivity contribution in [1.82, 2.24) is 25.0 Å². The minimum atomic E-state index is -4.61. The third kappa shape index (κ3) is 3.95. The predicted octanol–water partition coefficient (Wildman–Crippen LogP) is 2.63. The smallest absolute Gasteiger partial charge is 0.408 e. The van der Waals surface area contributed by atoms with E-state index in [9.17, 15) is 27.6 Å². The second kappa shape index (κ2) is 7.93. The number of alkyl halides is 3. The van der Waals surface area contributed by atoms with Crippen molar-refractivity contribution in [2.45, 2.75) is 31.5 Å². The molecule has 4 heterocycles. The van der Waals surface area contributed by atoms with E-state index in [2.05, 4.69) is 20.4 Å². The highest BCUT2D eigenvalue weighted by Crippen LogP contribution is 2.30. The van der Waals surface area contributed by atoms with Crippen molar-refractivity contribution in [2.75, 3.05) is 0 Å². The summed E-state index contributed by atoms with van der Waals surface area (Å²) >= 11 is 0. The predicted molar refractivity (Wildman–Crippen MR) is 107 cm³/mol. The molecule has 13 heteroatoms. The van der Waals surface area contributed by atoms with Gasteiger partial charge in [-0.25, -0.2) is 4.79 Å². The maximum atomic E-state index is 12.9. The highest BCUT2D eigenvalue weighted by atomic mass is 19.4. The third-order valence-electron chi connectivity index (χ3n) is 5.33. The fraction of sp³-hybridized carbons (Fsp3) is 0.238. The lowest BCUT2D eigenvalue weighted by Gasteiger charge is -2.21. The van der Waals surface area contributed by atoms with Crippen molar-refractivity contribution in [2.24, 2.45) is 0 Å². The van der Waals surface area contributed by atoms with Crippen LogP contribution in [0, 0.1) is 0 Å². The van der Waals surface area contributed by atoms with Crippen LogP contribution in [0.5, 0.6) is 0 Å². The number of carbonyl (C=O) groups is 2. The molecule has 0 saturated carbocycles. The Morgan fingerprint density at radius 1 is 1.15 bits per heavy atom. The molecule has 2 amide bonds. The zero-order valence-corrected chi connectivity index (χ0v) is 17.1. The Kier molecular flexibility index (Phi) is 5.03. The van der Waals surface area contributed by atoms with E-state index in [0.29, 0.717) is 11.1 Å². The van der Waals surface area contributed by atoms with Crippen LogP contribution in [0.25, 0.3) is 22.5 Å². The Morgan fingerprint density at radius 3 is 2.74 bits per heavy atom. The van der Waals surface area contributed by atoms with Crippen LogP contribution in [-0.4, -0.2) is 31.5 Å². The summed E-state index contributed by atoms with van der Waals surface area (Å²) < 4.78 is 50.3. The zero-order chi connectivity index (χ0) is 24.0. The third-order valence-corrected chi connectivity index (χ3v) is 5.33. The van der Waals surface area contributed by atoms with E-state index in [0.717, 1.165) is 12.3 Å². The number of imide groups is 1. The highest BCUT2D eigenvalue weighted by molar-refractivity contribution is 6.00. The molecule has 1 fully saturated rings. The van der Waals surface area contributed by atoms with Crippen molar-refractivity contribution in [3.8, 4) is 11.4 Å². The van der Waals surface area contributed by atoms with Gasteiger partial charge in [0.15, 0.2) is 5.58 Å². The van der Waals surface area contributed by atoms with Crippen molar-refractivity contribution in [1.29, 1.82) is 0 Å². The monoisotopic (exact) mass is 473 g/mol. The number of amides is 2. The summed E-state index contributed by atoms with van der Waals surface area (Å²) in [5, 5.41) is 5.95. The van der Waals surface area contributed by atoms with Crippen LogP contribution in [0.1, 0.15) is 36.0 Å². The van der Waals surface area contributed by atoms with Gasteiger partial charge in [0.1, 0.15) is 11.7 Å². The number of hydrogen-bond donors (Lipinski definition) is 1. The molecule has 34 heavy (non-hydrogen) atoms. The van der Waals surface area contributed by atoms with Gasteiger partial charge in [0, 0.05) is 18.2 Å². The van der Waals surface area contributed by atoms with Gasteiger partial charge in [-0.15, -0.1) is 0 Å². The van der Waals surface area contributed by atoms with E-state index < -0.39 is 35.5 Å². The number of nitrogens with zero attached hydrogens (tertiary/aromatic N) is 4. The molecule has 1 atom stereocenters. The number of carbonyl (C=O) groups excluding carboxylic acids is 2. The number of aromatic nitrogens is 4. The molecule has 174 valence electrons. The summed E-state index contributed by atoms with van der Waals surface area (Å²) in [5.74, 6) is -1.65. The van der Waals surface area contributed by atoms with Crippen LogP contribution >= 0.6 is 0 Å². The van der Waals surface area contributed by atoms with Gasteiger partial charge >= 0.3 is 11.9 Å². The van der Waals surface area contributed by atoms with Crippen molar-refractivity contribution >= 4 is 22.9 Å². The van der Waals surface area contributed by atoms with Crippen LogP contribution in [-0.2, 0) is 22.2 Å². The molecule has 0 aliphatic carbocycles. The Labute approximate surface area is 187 Å². The number of oxazole rings is 1. The molecule has 1 saturated heterocycles. The SMILES string of the molecule is O=C1CCC(n2c(=O)oc3ccc(Cc4nc(-c5ccnc(C(F)(F)F)c5)no4)cc32)C(=O)N1. The van der Waals surface area contributed by atoms with Gasteiger partial charge in [0.25, 0.3) is 0 Å². The molecule has 10 nitrogen and oxygen atoms in total. The fourth-order valence-corrected chi connectivity index (χ4v) is 3.76. The first-order valence-corrected chi connectivity index (χ1v) is 10.0. The lowest BCUT2D eigenvalue weighted by molar-refractivity contribution is -0.141. The number of pyridine rings is 1. The maximum Gasteiger partial charge on any atom is 0.433 e. The maximum absolute atomic E-state index is 12.9. The molecule has 0 spiro atoms. The molecule has 4 aromatic rings. The van der Waals surface area contributed by atoms with Crippen LogP contribution in [0.3, 0.4) is 0 Å². The second-order valence-electron chi connectivity index (χ2n) is 7.62. The van der Waals surface area contributed by atoms with Crippen LogP contribution in [0.4, 0.5) is 13.2 Å². The Balaban J connectivity index is 1.43. The van der Waals surface area contributed by atoms with Crippen LogP contribution in [0.15, 0.2) is 50.3 Å². The Hall–Kier alpha value is -4.29. The van der Waals surface area contributed by atoms with E-state index in [1.165, 1.54) is 10.6 Å². The molecule has 0 bridgehead atoms. The quantitative estimate of drug-likeness (QED) is 0.447. The summed E-state index contributed by atoms with van der Waals surface area (Å²) in [7, 11) is 0. The molecular formula is C21H14F3N5O5. The zero-order valence-electron chi connectivity index (χ0n) is 17.1. The van der Waals surface area contributed by atoms with Crippen molar-refractivity contribution < 1.29 is 31.7 Å². The normalized spacial score (nSPS) is 16.7. The molecule has 0 radical (unpaired) electrons. The van der Waals surface area contributed by atoms with Crippen molar-refractivity contribution in [3.05, 3.63) is 64.2 Å². The molecular weight excluding hydrogens is 459 g/mol. The molecule has 3 aromatic heterocycles. The first kappa shape index (κ1) is 21.6. The summed E-state index contributed by atoms with van der Waals surface area (Å²) in [5.41, 5.74) is 0.236. The van der Waals surface area contributed by atoms with Gasteiger partial charge in [-0.2, -0.15) is 18.2 Å². The number of fused-ring (bicyclic) bond motifs is 1. The number of piperidine rings is 1. The molecule has 1 aromatic carbocycles. The van der Waals surface area contributed by atoms with Gasteiger partial charge in [0.05, 0.1) is 11.9 Å². The number of halogens is 3. The highest BCUT2D eigenvalue weighted by Gasteiger charge is 2.33. The van der Waals surface area contributed by atoms with Crippen molar-refractivity contribution in [3.63, 3.8) is 0 Å². The van der Waals surface area contributed by atoms with Gasteiger partial charge in [-0.05, 0) is 36.2 Å². The van der Waals surface area contributed by atoms with E-state index in [-0.39, 0.29) is 42.1 Å². The van der Waals surface area contributed by atoms with E-state index in [4.69, 9.17) is 8.94 Å². The number of nitrogens with one attached hydrogen (secondary N) is 1. The van der Waals surface area contributed by atoms with Gasteiger partial charge in [-0.3, -0.25) is 24.5 Å². The average molecular weight is 473 g/mol. The first-order chi connectivity index (χ1) is 16.2. The summed E-state index contributed by atoms with van der Waals surface area (Å²) in [6, 6.07) is 6.07. The van der Waals surface area contributed by atoms with E-state index >= 15 is 0 Å².